The first-order chi connectivity index (χ1) is 28.7. The Morgan fingerprint density at radius 1 is 0.629 bits per heavy atom. The zero-order valence-corrected chi connectivity index (χ0v) is 39.3. The molecule has 336 valence electrons. The number of nitrogens with zero attached hydrogens (tertiary/aromatic N) is 2. The highest BCUT2D eigenvalue weighted by molar-refractivity contribution is 5.91. The van der Waals surface area contributed by atoms with Gasteiger partial charge in [-0.3, -0.25) is 19.2 Å². The van der Waals surface area contributed by atoms with Crippen LogP contribution in [0.1, 0.15) is 152 Å². The van der Waals surface area contributed by atoms with Crippen LogP contribution in [0.15, 0.2) is 60.9 Å². The van der Waals surface area contributed by atoms with Crippen molar-refractivity contribution in [3.8, 4) is 33.6 Å². The molecule has 12 heteroatoms. The lowest BCUT2D eigenvalue weighted by atomic mass is 9.68. The second kappa shape index (κ2) is 18.2. The Morgan fingerprint density at radius 2 is 1.03 bits per heavy atom. The predicted octanol–water partition coefficient (Wildman–Crippen LogP) is 9.35. The van der Waals surface area contributed by atoms with Crippen LogP contribution in [0.5, 0.6) is 0 Å². The van der Waals surface area contributed by atoms with E-state index in [1.807, 2.05) is 12.4 Å². The second-order valence-corrected chi connectivity index (χ2v) is 21.8. The largest absolute Gasteiger partial charge is 0.368 e. The average Bonchev–Trinajstić information content (AvgIpc) is 3.85. The Bertz CT molecular complexity index is 2180. The summed E-state index contributed by atoms with van der Waals surface area (Å²) >= 11 is 0. The molecule has 2 aliphatic carbocycles. The van der Waals surface area contributed by atoms with Gasteiger partial charge in [0, 0.05) is 20.3 Å². The minimum Gasteiger partial charge on any atom is -0.368 e. The number of aromatic amines is 2. The zero-order chi connectivity index (χ0) is 45.9. The molecule has 2 aromatic carbocycles. The molecule has 2 aliphatic rings. The van der Waals surface area contributed by atoms with E-state index in [1.165, 1.54) is 13.8 Å². The fourth-order valence-corrected chi connectivity index (χ4v) is 8.60. The number of benzene rings is 2. The van der Waals surface area contributed by atoms with Gasteiger partial charge < -0.3 is 31.7 Å². The molecule has 12 nitrogen and oxygen atoms in total. The molecule has 4 amide bonds. The van der Waals surface area contributed by atoms with E-state index in [0.717, 1.165) is 71.6 Å². The van der Waals surface area contributed by atoms with Crippen LogP contribution in [0.2, 0.25) is 0 Å². The van der Waals surface area contributed by atoms with E-state index in [-0.39, 0.29) is 45.4 Å². The molecule has 4 aromatic rings. The highest BCUT2D eigenvalue weighted by atomic mass is 16.2. The summed E-state index contributed by atoms with van der Waals surface area (Å²) in [5.74, 6) is 0.776. The van der Waals surface area contributed by atoms with Gasteiger partial charge in [-0.1, -0.05) is 118 Å². The molecule has 6 rings (SSSR count). The van der Waals surface area contributed by atoms with Crippen molar-refractivity contribution in [2.24, 2.45) is 27.4 Å². The number of primary amides is 1. The van der Waals surface area contributed by atoms with Crippen molar-refractivity contribution in [2.45, 2.75) is 158 Å². The number of carbonyl (C=O) groups is 4. The third-order valence-electron chi connectivity index (χ3n) is 12.7. The number of nitrogens with two attached hydrogens (primary N) is 1. The van der Waals surface area contributed by atoms with Crippen LogP contribution in [-0.4, -0.2) is 54.6 Å². The summed E-state index contributed by atoms with van der Waals surface area (Å²) in [6, 6.07) is 16.6. The Hall–Kier alpha value is -5.26. The Morgan fingerprint density at radius 3 is 1.45 bits per heavy atom. The standard InChI is InChI=1S/C39H52N6O2.C11H20N2O2/c1-25(46)45-39(20-18-38(8,9)19-21-39)35(47)44-33(37(5,6)7)34-41-24-31(43-34)29-16-12-27(13-17-29)26-10-14-28(15-11-26)30-23-40-32(42-30)22-36(2,3)4;1-8(14)13-11(9(12)15)6-4-10(2,3)5-7-11/h10-17,23-24,33H,18-22H2,1-9H3,(H,40,42)(H,41,43)(H,44,47)(H,45,46);4-7H2,1-3H3,(H2,12,15)(H,13,14). The minimum atomic E-state index is -0.915. The van der Waals surface area contributed by atoms with Gasteiger partial charge in [-0.25, -0.2) is 9.97 Å². The molecule has 1 unspecified atom stereocenters. The van der Waals surface area contributed by atoms with Gasteiger partial charge in [-0.2, -0.15) is 0 Å². The lowest BCUT2D eigenvalue weighted by Gasteiger charge is -2.44. The van der Waals surface area contributed by atoms with Gasteiger partial charge in [-0.05, 0) is 95.3 Å². The monoisotopic (exact) mass is 849 g/mol. The third-order valence-corrected chi connectivity index (χ3v) is 12.7. The topological polar surface area (TPSA) is 188 Å². The van der Waals surface area contributed by atoms with Crippen molar-refractivity contribution in [1.29, 1.82) is 0 Å². The van der Waals surface area contributed by atoms with E-state index in [0.29, 0.717) is 31.5 Å². The first-order valence-corrected chi connectivity index (χ1v) is 22.2. The van der Waals surface area contributed by atoms with Crippen molar-refractivity contribution in [1.82, 2.24) is 35.9 Å². The van der Waals surface area contributed by atoms with E-state index in [4.69, 9.17) is 10.7 Å². The molecular weight excluding hydrogens is 777 g/mol. The molecule has 1 atom stereocenters. The molecule has 0 bridgehead atoms. The second-order valence-electron chi connectivity index (χ2n) is 21.8. The molecule has 2 fully saturated rings. The highest BCUT2D eigenvalue weighted by Gasteiger charge is 2.47. The summed E-state index contributed by atoms with van der Waals surface area (Å²) in [4.78, 5) is 64.9. The van der Waals surface area contributed by atoms with Gasteiger partial charge in [0.2, 0.25) is 23.6 Å². The fraction of sp³-hybridized carbons (Fsp3) is 0.560. The van der Waals surface area contributed by atoms with E-state index < -0.39 is 17.0 Å². The number of aromatic nitrogens is 4. The molecule has 7 N–H and O–H groups in total. The maximum atomic E-state index is 13.9. The zero-order valence-electron chi connectivity index (χ0n) is 39.3. The first kappa shape index (κ1) is 47.8. The average molecular weight is 849 g/mol. The van der Waals surface area contributed by atoms with Gasteiger partial charge in [-0.15, -0.1) is 0 Å². The van der Waals surface area contributed by atoms with Crippen LogP contribution in [0.25, 0.3) is 33.6 Å². The lowest BCUT2D eigenvalue weighted by molar-refractivity contribution is -0.136. The maximum Gasteiger partial charge on any atom is 0.246 e. The van der Waals surface area contributed by atoms with Gasteiger partial charge >= 0.3 is 0 Å². The molecule has 62 heavy (non-hydrogen) atoms. The third kappa shape index (κ3) is 12.2. The summed E-state index contributed by atoms with van der Waals surface area (Å²) in [7, 11) is 0. The van der Waals surface area contributed by atoms with E-state index >= 15 is 0 Å². The number of imidazole rings is 2. The maximum absolute atomic E-state index is 13.9. The number of amides is 4. The van der Waals surface area contributed by atoms with E-state index in [9.17, 15) is 19.2 Å². The summed E-state index contributed by atoms with van der Waals surface area (Å²) in [6.45, 7) is 24.6. The van der Waals surface area contributed by atoms with Gasteiger partial charge in [0.05, 0.1) is 29.8 Å². The van der Waals surface area contributed by atoms with E-state index in [2.05, 4.69) is 149 Å². The molecule has 0 saturated heterocycles. The number of H-pyrrole nitrogens is 2. The predicted molar refractivity (Wildman–Crippen MR) is 247 cm³/mol. The highest BCUT2D eigenvalue weighted by Crippen LogP contribution is 2.42. The summed E-state index contributed by atoms with van der Waals surface area (Å²) < 4.78 is 0. The number of carbonyl (C=O) groups excluding carboxylic acids is 4. The Balaban J connectivity index is 0.000000409. The van der Waals surface area contributed by atoms with Crippen molar-refractivity contribution in [3.05, 3.63) is 72.6 Å². The van der Waals surface area contributed by atoms with E-state index in [1.54, 1.807) is 0 Å². The van der Waals surface area contributed by atoms with Crippen LogP contribution < -0.4 is 21.7 Å². The Kier molecular flexibility index (Phi) is 14.0. The lowest BCUT2D eigenvalue weighted by Crippen LogP contribution is -2.61. The van der Waals surface area contributed by atoms with Crippen LogP contribution in [-0.2, 0) is 25.6 Å². The SMILES string of the molecule is CC(=O)NC1(C(=O)NC(c2ncc(-c3ccc(-c4ccc(-c5cnc(CC(C)(C)C)[nH]5)cc4)cc3)[nH]2)C(C)(C)C)CCC(C)(C)CC1.CC(=O)NC1(C(N)=O)CCC(C)(C)CC1. The quantitative estimate of drug-likeness (QED) is 0.0923. The van der Waals surface area contributed by atoms with Crippen molar-refractivity contribution < 1.29 is 19.2 Å². The number of rotatable bonds is 10. The van der Waals surface area contributed by atoms with Crippen LogP contribution in [0, 0.1) is 21.7 Å². The molecule has 2 saturated carbocycles. The normalized spacial score (nSPS) is 18.3. The molecule has 2 heterocycles. The van der Waals surface area contributed by atoms with Gasteiger partial charge in [0.1, 0.15) is 22.7 Å². The molecule has 0 aliphatic heterocycles. The van der Waals surface area contributed by atoms with Crippen LogP contribution >= 0.6 is 0 Å². The molecule has 2 aromatic heterocycles. The Labute approximate surface area is 369 Å². The molecule has 0 radical (unpaired) electrons. The smallest absolute Gasteiger partial charge is 0.246 e. The number of hydrogen-bond acceptors (Lipinski definition) is 6. The molecule has 0 spiro atoms. The van der Waals surface area contributed by atoms with Crippen molar-refractivity contribution >= 4 is 23.6 Å². The summed E-state index contributed by atoms with van der Waals surface area (Å²) in [6.07, 6.45) is 10.7. The molecular formula is C50H72N8O4. The van der Waals surface area contributed by atoms with Crippen molar-refractivity contribution in [2.75, 3.05) is 0 Å². The summed E-state index contributed by atoms with van der Waals surface area (Å²) in [5.41, 5.74) is 10.2. The fourth-order valence-electron chi connectivity index (χ4n) is 8.60. The first-order valence-electron chi connectivity index (χ1n) is 22.2. The summed E-state index contributed by atoms with van der Waals surface area (Å²) in [5, 5.41) is 9.03. The van der Waals surface area contributed by atoms with Crippen LogP contribution in [0.3, 0.4) is 0 Å². The van der Waals surface area contributed by atoms with Gasteiger partial charge in [0.25, 0.3) is 0 Å². The minimum absolute atomic E-state index is 0.144. The van der Waals surface area contributed by atoms with Crippen LogP contribution in [0.4, 0.5) is 0 Å². The number of hydrogen-bond donors (Lipinski definition) is 6. The number of nitrogens with one attached hydrogen (secondary N) is 5. The van der Waals surface area contributed by atoms with Crippen molar-refractivity contribution in [3.63, 3.8) is 0 Å². The van der Waals surface area contributed by atoms with Gasteiger partial charge in [0.15, 0.2) is 0 Å².